The summed E-state index contributed by atoms with van der Waals surface area (Å²) >= 11 is 0. The van der Waals surface area contributed by atoms with Gasteiger partial charge >= 0.3 is 0 Å². The van der Waals surface area contributed by atoms with Crippen molar-refractivity contribution < 1.29 is 24.4 Å². The lowest BCUT2D eigenvalue weighted by Gasteiger charge is -2.11. The van der Waals surface area contributed by atoms with Crippen LogP contribution in [0.2, 0.25) is 0 Å². The number of nitrogens with zero attached hydrogens (tertiary/aromatic N) is 3. The number of rotatable bonds is 4. The van der Waals surface area contributed by atoms with Crippen molar-refractivity contribution in [3.05, 3.63) is 47.5 Å². The molecule has 0 unspecified atom stereocenters. The Balaban J connectivity index is 1.72. The summed E-state index contributed by atoms with van der Waals surface area (Å²) < 4.78 is 19.8. The first-order chi connectivity index (χ1) is 10.6. The molecule has 1 saturated heterocycles. The highest BCUT2D eigenvalue weighted by Crippen LogP contribution is 2.32. The number of ether oxygens (including phenoxy) is 1. The Bertz CT molecular complexity index is 633. The predicted octanol–water partition coefficient (Wildman–Crippen LogP) is -0.381. The lowest BCUT2D eigenvalue weighted by atomic mass is 10.1. The normalized spacial score (nSPS) is 28.2. The fraction of sp³-hybridized carbons (Fsp3) is 0.429. The van der Waals surface area contributed by atoms with E-state index in [1.165, 1.54) is 16.8 Å². The lowest BCUT2D eigenvalue weighted by molar-refractivity contribution is -0.0239. The van der Waals surface area contributed by atoms with Crippen LogP contribution < -0.4 is 0 Å². The zero-order valence-electron chi connectivity index (χ0n) is 11.6. The molecule has 118 valence electrons. The maximum atomic E-state index is 12.9. The SMILES string of the molecule is OC[C@H]1O[C@@H](c2cn(Cc3ccc(F)cc3)nn2)[C@H](O)[C@@H]1O. The van der Waals surface area contributed by atoms with Crippen molar-refractivity contribution >= 4 is 0 Å². The molecular weight excluding hydrogens is 293 g/mol. The minimum atomic E-state index is -1.17. The average Bonchev–Trinajstić information content (AvgIpc) is 3.08. The Morgan fingerprint density at radius 1 is 1.18 bits per heavy atom. The highest BCUT2D eigenvalue weighted by atomic mass is 19.1. The van der Waals surface area contributed by atoms with E-state index in [1.54, 1.807) is 18.3 Å². The van der Waals surface area contributed by atoms with E-state index in [1.807, 2.05) is 0 Å². The molecule has 3 N–H and O–H groups in total. The molecule has 1 aromatic heterocycles. The first-order valence-electron chi connectivity index (χ1n) is 6.85. The number of benzene rings is 1. The average molecular weight is 309 g/mol. The van der Waals surface area contributed by atoms with Gasteiger partial charge in [0.15, 0.2) is 0 Å². The van der Waals surface area contributed by atoms with E-state index in [0.29, 0.717) is 12.2 Å². The summed E-state index contributed by atoms with van der Waals surface area (Å²) in [6, 6.07) is 6.00. The fourth-order valence-electron chi connectivity index (χ4n) is 2.44. The van der Waals surface area contributed by atoms with E-state index in [4.69, 9.17) is 9.84 Å². The zero-order chi connectivity index (χ0) is 15.7. The minimum Gasteiger partial charge on any atom is -0.394 e. The summed E-state index contributed by atoms with van der Waals surface area (Å²) in [5.41, 5.74) is 1.21. The van der Waals surface area contributed by atoms with Crippen LogP contribution >= 0.6 is 0 Å². The van der Waals surface area contributed by atoms with Gasteiger partial charge in [0.25, 0.3) is 0 Å². The van der Waals surface area contributed by atoms with Crippen LogP contribution in [0.4, 0.5) is 4.39 Å². The van der Waals surface area contributed by atoms with Gasteiger partial charge in [0.05, 0.1) is 19.3 Å². The minimum absolute atomic E-state index is 0.311. The van der Waals surface area contributed by atoms with E-state index in [-0.39, 0.29) is 5.82 Å². The van der Waals surface area contributed by atoms with Crippen molar-refractivity contribution in [3.8, 4) is 0 Å². The van der Waals surface area contributed by atoms with Crippen LogP contribution in [0.3, 0.4) is 0 Å². The standard InChI is InChI=1S/C14H16FN3O4/c15-9-3-1-8(2-4-9)5-18-6-10(16-17-18)14-13(21)12(20)11(7-19)22-14/h1-4,6,11-14,19-21H,5,7H2/t11-,12-,13-,14+/m1/s1. The first kappa shape index (κ1) is 15.0. The molecule has 22 heavy (non-hydrogen) atoms. The summed E-state index contributed by atoms with van der Waals surface area (Å²) in [5.74, 6) is -0.311. The second-order valence-electron chi connectivity index (χ2n) is 5.23. The van der Waals surface area contributed by atoms with E-state index in [0.717, 1.165) is 5.56 Å². The number of aromatic nitrogens is 3. The second kappa shape index (κ2) is 6.09. The van der Waals surface area contributed by atoms with Crippen LogP contribution in [-0.2, 0) is 11.3 Å². The summed E-state index contributed by atoms with van der Waals surface area (Å²) in [4.78, 5) is 0. The van der Waals surface area contributed by atoms with Gasteiger partial charge in [0.2, 0.25) is 0 Å². The maximum absolute atomic E-state index is 12.9. The summed E-state index contributed by atoms with van der Waals surface area (Å²) in [5, 5.41) is 36.6. The topological polar surface area (TPSA) is 101 Å². The van der Waals surface area contributed by atoms with Crippen molar-refractivity contribution in [2.24, 2.45) is 0 Å². The van der Waals surface area contributed by atoms with Gasteiger partial charge in [-0.3, -0.25) is 0 Å². The van der Waals surface area contributed by atoms with E-state index < -0.39 is 31.0 Å². The molecule has 0 aliphatic carbocycles. The molecule has 4 atom stereocenters. The van der Waals surface area contributed by atoms with Gasteiger partial charge in [-0.25, -0.2) is 9.07 Å². The Morgan fingerprint density at radius 3 is 2.55 bits per heavy atom. The third kappa shape index (κ3) is 2.86. The monoisotopic (exact) mass is 309 g/mol. The summed E-state index contributed by atoms with van der Waals surface area (Å²) in [6.45, 7) is 0.000517. The van der Waals surface area contributed by atoms with Crippen molar-refractivity contribution in [2.75, 3.05) is 6.61 Å². The van der Waals surface area contributed by atoms with Crippen LogP contribution in [0.15, 0.2) is 30.5 Å². The van der Waals surface area contributed by atoms with Crippen molar-refractivity contribution in [3.63, 3.8) is 0 Å². The molecule has 1 aliphatic rings. The van der Waals surface area contributed by atoms with Crippen molar-refractivity contribution in [1.29, 1.82) is 0 Å². The number of hydrogen-bond acceptors (Lipinski definition) is 6. The van der Waals surface area contributed by atoms with Crippen LogP contribution in [0, 0.1) is 5.82 Å². The third-order valence-electron chi connectivity index (χ3n) is 3.65. The molecule has 0 saturated carbocycles. The molecule has 1 fully saturated rings. The van der Waals surface area contributed by atoms with Crippen LogP contribution in [0.5, 0.6) is 0 Å². The zero-order valence-corrected chi connectivity index (χ0v) is 11.6. The predicted molar refractivity (Wildman–Crippen MR) is 72.2 cm³/mol. The second-order valence-corrected chi connectivity index (χ2v) is 5.23. The number of aliphatic hydroxyl groups is 3. The van der Waals surface area contributed by atoms with Gasteiger partial charge in [-0.1, -0.05) is 17.3 Å². The van der Waals surface area contributed by atoms with E-state index >= 15 is 0 Å². The molecule has 0 spiro atoms. The Kier molecular flexibility index (Phi) is 4.16. The van der Waals surface area contributed by atoms with Crippen molar-refractivity contribution in [1.82, 2.24) is 15.0 Å². The molecule has 2 heterocycles. The molecule has 1 aliphatic heterocycles. The van der Waals surface area contributed by atoms with Crippen molar-refractivity contribution in [2.45, 2.75) is 31.0 Å². The Labute approximate surface area is 125 Å². The van der Waals surface area contributed by atoms with Crippen LogP contribution in [0.1, 0.15) is 17.4 Å². The quantitative estimate of drug-likeness (QED) is 0.712. The largest absolute Gasteiger partial charge is 0.394 e. The fourth-order valence-corrected chi connectivity index (χ4v) is 2.44. The van der Waals surface area contributed by atoms with Gasteiger partial charge < -0.3 is 20.1 Å². The molecule has 0 radical (unpaired) electrons. The molecule has 7 nitrogen and oxygen atoms in total. The molecular formula is C14H16FN3O4. The van der Waals surface area contributed by atoms with Crippen LogP contribution in [0.25, 0.3) is 0 Å². The first-order valence-corrected chi connectivity index (χ1v) is 6.85. The number of hydrogen-bond donors (Lipinski definition) is 3. The molecule has 8 heteroatoms. The number of halogens is 1. The van der Waals surface area contributed by atoms with Gasteiger partial charge in [0, 0.05) is 0 Å². The van der Waals surface area contributed by atoms with E-state index in [2.05, 4.69) is 10.3 Å². The molecule has 2 aromatic rings. The highest BCUT2D eigenvalue weighted by molar-refractivity contribution is 5.16. The summed E-state index contributed by atoms with van der Waals surface area (Å²) in [7, 11) is 0. The van der Waals surface area contributed by atoms with Gasteiger partial charge in [-0.15, -0.1) is 5.10 Å². The molecule has 3 rings (SSSR count). The van der Waals surface area contributed by atoms with E-state index in [9.17, 15) is 14.6 Å². The van der Waals surface area contributed by atoms with Gasteiger partial charge in [-0.2, -0.15) is 0 Å². The number of aliphatic hydroxyl groups excluding tert-OH is 3. The maximum Gasteiger partial charge on any atom is 0.132 e. The van der Waals surface area contributed by atoms with Gasteiger partial charge in [-0.05, 0) is 17.7 Å². The molecule has 0 bridgehead atoms. The Hall–Kier alpha value is -1.87. The smallest absolute Gasteiger partial charge is 0.132 e. The van der Waals surface area contributed by atoms with Gasteiger partial charge in [0.1, 0.15) is 35.9 Å². The highest BCUT2D eigenvalue weighted by Gasteiger charge is 2.44. The lowest BCUT2D eigenvalue weighted by Crippen LogP contribution is -2.32. The van der Waals surface area contributed by atoms with Crippen LogP contribution in [-0.4, -0.2) is 55.2 Å². The Morgan fingerprint density at radius 2 is 1.91 bits per heavy atom. The molecule has 1 aromatic carbocycles. The third-order valence-corrected chi connectivity index (χ3v) is 3.65. The summed E-state index contributed by atoms with van der Waals surface area (Å²) in [6.07, 6.45) is -2.44. The molecule has 0 amide bonds.